The van der Waals surface area contributed by atoms with Crippen molar-refractivity contribution < 1.29 is 27.8 Å². The predicted molar refractivity (Wildman–Crippen MR) is 133 cm³/mol. The molecule has 2 saturated heterocycles. The zero-order valence-corrected chi connectivity index (χ0v) is 21.1. The predicted octanol–water partition coefficient (Wildman–Crippen LogP) is 2.34. The molecule has 2 aliphatic rings. The molecule has 2 N–H and O–H groups in total. The minimum atomic E-state index is -3.80. The molecule has 9 nitrogen and oxygen atoms in total. The van der Waals surface area contributed by atoms with Gasteiger partial charge in [-0.1, -0.05) is 23.8 Å². The van der Waals surface area contributed by atoms with Gasteiger partial charge in [-0.15, -0.1) is 0 Å². The molecule has 3 atom stereocenters. The SMILES string of the molecule is COC1CN(C(=O)c2cc(C)ccc2C)CC1Oc1cccc(NS(=O)(=O)N2CCCC2CO)c1. The number of aliphatic hydroxyl groups excluding tert-OH is 1. The van der Waals surface area contributed by atoms with Crippen LogP contribution in [-0.4, -0.2) is 80.2 Å². The van der Waals surface area contributed by atoms with Gasteiger partial charge in [-0.3, -0.25) is 9.52 Å². The van der Waals surface area contributed by atoms with E-state index in [0.29, 0.717) is 49.5 Å². The minimum absolute atomic E-state index is 0.0649. The lowest BCUT2D eigenvalue weighted by atomic mass is 10.0. The molecule has 3 unspecified atom stereocenters. The first-order valence-electron chi connectivity index (χ1n) is 11.8. The van der Waals surface area contributed by atoms with Crippen LogP contribution in [-0.2, 0) is 14.9 Å². The third-order valence-corrected chi connectivity index (χ3v) is 8.23. The first-order chi connectivity index (χ1) is 16.7. The van der Waals surface area contributed by atoms with E-state index in [1.54, 1.807) is 36.3 Å². The second-order valence-corrected chi connectivity index (χ2v) is 10.8. The molecule has 10 heteroatoms. The molecule has 4 rings (SSSR count). The van der Waals surface area contributed by atoms with E-state index >= 15 is 0 Å². The molecule has 35 heavy (non-hydrogen) atoms. The summed E-state index contributed by atoms with van der Waals surface area (Å²) >= 11 is 0. The first kappa shape index (κ1) is 25.4. The van der Waals surface area contributed by atoms with Gasteiger partial charge in [-0.25, -0.2) is 0 Å². The van der Waals surface area contributed by atoms with Crippen molar-refractivity contribution in [2.24, 2.45) is 0 Å². The van der Waals surface area contributed by atoms with E-state index in [4.69, 9.17) is 9.47 Å². The first-order valence-corrected chi connectivity index (χ1v) is 13.2. The Morgan fingerprint density at radius 3 is 2.66 bits per heavy atom. The molecule has 2 aliphatic heterocycles. The summed E-state index contributed by atoms with van der Waals surface area (Å²) in [4.78, 5) is 14.9. The number of carbonyl (C=O) groups is 1. The van der Waals surface area contributed by atoms with Gasteiger partial charge in [-0.05, 0) is 50.5 Å². The number of ether oxygens (including phenoxy) is 2. The zero-order chi connectivity index (χ0) is 25.2. The summed E-state index contributed by atoms with van der Waals surface area (Å²) in [6, 6.07) is 12.1. The molecule has 2 aromatic carbocycles. The van der Waals surface area contributed by atoms with E-state index < -0.39 is 22.4 Å². The lowest BCUT2D eigenvalue weighted by Crippen LogP contribution is -2.41. The standard InChI is InChI=1S/C25H33N3O6S/c1-17-9-10-18(2)22(12-17)25(30)27-14-23(33-3)24(15-27)34-21-8-4-6-19(13-21)26-35(31,32)28-11-5-7-20(28)16-29/h4,6,8-10,12-13,20,23-24,26,29H,5,7,11,14-16H2,1-3H3. The van der Waals surface area contributed by atoms with Crippen molar-refractivity contribution in [1.29, 1.82) is 0 Å². The normalized spacial score (nSPS) is 23.0. The molecule has 2 fully saturated rings. The summed E-state index contributed by atoms with van der Waals surface area (Å²) in [5, 5.41) is 9.49. The number of aryl methyl sites for hydroxylation is 2. The minimum Gasteiger partial charge on any atom is -0.486 e. The Morgan fingerprint density at radius 2 is 1.91 bits per heavy atom. The van der Waals surface area contributed by atoms with Crippen molar-refractivity contribution in [3.8, 4) is 5.75 Å². The molecule has 0 aliphatic carbocycles. The smallest absolute Gasteiger partial charge is 0.301 e. The Morgan fingerprint density at radius 1 is 1.14 bits per heavy atom. The number of rotatable bonds is 8. The van der Waals surface area contributed by atoms with Crippen molar-refractivity contribution in [2.45, 2.75) is 44.9 Å². The number of benzene rings is 2. The molecule has 0 bridgehead atoms. The van der Waals surface area contributed by atoms with Crippen molar-refractivity contribution in [1.82, 2.24) is 9.21 Å². The van der Waals surface area contributed by atoms with E-state index in [0.717, 1.165) is 11.1 Å². The number of hydrogen-bond acceptors (Lipinski definition) is 6. The summed E-state index contributed by atoms with van der Waals surface area (Å²) in [5.41, 5.74) is 2.97. The molecule has 2 heterocycles. The third kappa shape index (κ3) is 5.61. The Kier molecular flexibility index (Phi) is 7.65. The van der Waals surface area contributed by atoms with E-state index in [1.807, 2.05) is 32.0 Å². The molecule has 0 saturated carbocycles. The molecule has 1 amide bonds. The van der Waals surface area contributed by atoms with Crippen molar-refractivity contribution in [3.63, 3.8) is 0 Å². The molecule has 2 aromatic rings. The fraction of sp³-hybridized carbons (Fsp3) is 0.480. The molecule has 190 valence electrons. The number of aliphatic hydroxyl groups is 1. The highest BCUT2D eigenvalue weighted by Crippen LogP contribution is 2.27. The van der Waals surface area contributed by atoms with Crippen molar-refractivity contribution in [3.05, 3.63) is 59.2 Å². The molecule has 0 radical (unpaired) electrons. The number of nitrogens with zero attached hydrogens (tertiary/aromatic N) is 2. The van der Waals surface area contributed by atoms with Gasteiger partial charge in [-0.2, -0.15) is 12.7 Å². The summed E-state index contributed by atoms with van der Waals surface area (Å²) in [6.07, 6.45) is 0.627. The number of likely N-dealkylation sites (tertiary alicyclic amines) is 1. The molecular weight excluding hydrogens is 470 g/mol. The second-order valence-electron chi connectivity index (χ2n) is 9.18. The monoisotopic (exact) mass is 503 g/mol. The fourth-order valence-electron chi connectivity index (χ4n) is 4.71. The van der Waals surface area contributed by atoms with E-state index in [2.05, 4.69) is 4.72 Å². The lowest BCUT2D eigenvalue weighted by molar-refractivity contribution is 0.0340. The Bertz CT molecular complexity index is 1170. The van der Waals surface area contributed by atoms with Gasteiger partial charge in [0.25, 0.3) is 5.91 Å². The summed E-state index contributed by atoms with van der Waals surface area (Å²) in [7, 11) is -2.21. The van der Waals surface area contributed by atoms with Crippen LogP contribution < -0.4 is 9.46 Å². The quantitative estimate of drug-likeness (QED) is 0.573. The number of carbonyl (C=O) groups excluding carboxylic acids is 1. The van der Waals surface area contributed by atoms with Crippen LogP contribution in [0.15, 0.2) is 42.5 Å². The average molecular weight is 504 g/mol. The van der Waals surface area contributed by atoms with Gasteiger partial charge >= 0.3 is 10.2 Å². The van der Waals surface area contributed by atoms with E-state index in [-0.39, 0.29) is 18.6 Å². The number of methoxy groups -OCH3 is 1. The molecule has 0 aromatic heterocycles. The van der Waals surface area contributed by atoms with Gasteiger partial charge in [0.1, 0.15) is 18.0 Å². The lowest BCUT2D eigenvalue weighted by Gasteiger charge is -2.23. The van der Waals surface area contributed by atoms with Gasteiger partial charge < -0.3 is 19.5 Å². The Balaban J connectivity index is 1.45. The highest BCUT2D eigenvalue weighted by Gasteiger charge is 2.38. The van der Waals surface area contributed by atoms with Gasteiger partial charge in [0, 0.05) is 31.3 Å². The maximum Gasteiger partial charge on any atom is 0.301 e. The van der Waals surface area contributed by atoms with E-state index in [1.165, 1.54) is 4.31 Å². The van der Waals surface area contributed by atoms with Crippen LogP contribution >= 0.6 is 0 Å². The third-order valence-electron chi connectivity index (χ3n) is 6.64. The zero-order valence-electron chi connectivity index (χ0n) is 20.3. The van der Waals surface area contributed by atoms with Gasteiger partial charge in [0.2, 0.25) is 0 Å². The van der Waals surface area contributed by atoms with Gasteiger partial charge in [0.15, 0.2) is 0 Å². The number of nitrogens with one attached hydrogen (secondary N) is 1. The highest BCUT2D eigenvalue weighted by molar-refractivity contribution is 7.90. The number of amides is 1. The topological polar surface area (TPSA) is 108 Å². The van der Waals surface area contributed by atoms with Crippen LogP contribution in [0.25, 0.3) is 0 Å². The van der Waals surface area contributed by atoms with Crippen LogP contribution in [0.1, 0.15) is 34.3 Å². The largest absolute Gasteiger partial charge is 0.486 e. The van der Waals surface area contributed by atoms with Crippen molar-refractivity contribution >= 4 is 21.8 Å². The maximum atomic E-state index is 13.2. The summed E-state index contributed by atoms with van der Waals surface area (Å²) in [6.45, 7) is 4.80. The Hall–Kier alpha value is -2.66. The highest BCUT2D eigenvalue weighted by atomic mass is 32.2. The summed E-state index contributed by atoms with van der Waals surface area (Å²) in [5.74, 6) is 0.406. The van der Waals surface area contributed by atoms with Crippen molar-refractivity contribution in [2.75, 3.05) is 38.1 Å². The van der Waals surface area contributed by atoms with E-state index in [9.17, 15) is 18.3 Å². The average Bonchev–Trinajstić information content (AvgIpc) is 3.47. The van der Waals surface area contributed by atoms with Crippen LogP contribution in [0.3, 0.4) is 0 Å². The number of hydrogen-bond donors (Lipinski definition) is 2. The van der Waals surface area contributed by atoms with Gasteiger partial charge in [0.05, 0.1) is 25.4 Å². The van der Waals surface area contributed by atoms with Crippen LogP contribution in [0.2, 0.25) is 0 Å². The molecule has 0 spiro atoms. The fourth-order valence-corrected chi connectivity index (χ4v) is 6.19. The van der Waals surface area contributed by atoms with Crippen LogP contribution in [0.4, 0.5) is 5.69 Å². The number of anilines is 1. The summed E-state index contributed by atoms with van der Waals surface area (Å²) < 4.78 is 41.3. The second kappa shape index (κ2) is 10.5. The maximum absolute atomic E-state index is 13.2. The van der Waals surface area contributed by atoms with Crippen LogP contribution in [0.5, 0.6) is 5.75 Å². The molecular formula is C25H33N3O6S. The Labute approximate surface area is 206 Å². The van der Waals surface area contributed by atoms with Crippen LogP contribution in [0, 0.1) is 13.8 Å².